The first-order valence-electron chi connectivity index (χ1n) is 16.3. The summed E-state index contributed by atoms with van der Waals surface area (Å²) in [5.41, 5.74) is 11.1. The van der Waals surface area contributed by atoms with Gasteiger partial charge in [0.25, 0.3) is 0 Å². The van der Waals surface area contributed by atoms with Crippen molar-refractivity contribution in [3.8, 4) is 27.9 Å². The van der Waals surface area contributed by atoms with E-state index in [1.807, 2.05) is 0 Å². The zero-order valence-corrected chi connectivity index (χ0v) is 27.7. The van der Waals surface area contributed by atoms with Gasteiger partial charge in [-0.15, -0.1) is 0 Å². The minimum Gasteiger partial charge on any atom is -0.309 e. The zero-order valence-electron chi connectivity index (χ0n) is 26.7. The molecule has 0 amide bonds. The van der Waals surface area contributed by atoms with Gasteiger partial charge in [0.1, 0.15) is 0 Å². The van der Waals surface area contributed by atoms with E-state index in [0.717, 1.165) is 0 Å². The van der Waals surface area contributed by atoms with Gasteiger partial charge in [0.05, 0.1) is 11.0 Å². The smallest absolute Gasteiger partial charge is 0.0588 e. The summed E-state index contributed by atoms with van der Waals surface area (Å²) in [6.07, 6.45) is 0. The molecule has 0 saturated heterocycles. The Balaban J connectivity index is 1.37. The van der Waals surface area contributed by atoms with Crippen LogP contribution in [0.4, 0.5) is 0 Å². The Hall–Kier alpha value is -5.23. The second kappa shape index (κ2) is 12.2. The van der Waals surface area contributed by atoms with Gasteiger partial charge in [0, 0.05) is 21.9 Å². The van der Waals surface area contributed by atoms with E-state index in [4.69, 9.17) is 0 Å². The number of nitrogens with zero attached hydrogens (tertiary/aromatic N) is 1. The summed E-state index contributed by atoms with van der Waals surface area (Å²) in [6, 6.07) is 64.1. The number of fused-ring (bicyclic) bond motifs is 3. The van der Waals surface area contributed by atoms with Gasteiger partial charge in [-0.05, 0) is 62.2 Å². The van der Waals surface area contributed by atoms with Crippen LogP contribution in [0.15, 0.2) is 176 Å². The molecule has 0 saturated carbocycles. The van der Waals surface area contributed by atoms with Gasteiger partial charge in [-0.25, -0.2) is 0 Å². The molecule has 1 atom stereocenters. The summed E-state index contributed by atoms with van der Waals surface area (Å²) in [6.45, 7) is 4.79. The predicted octanol–water partition coefficient (Wildman–Crippen LogP) is 11.1. The second-order valence-electron chi connectivity index (χ2n) is 12.7. The molecule has 47 heavy (non-hydrogen) atoms. The quantitative estimate of drug-likeness (QED) is 0.156. The lowest BCUT2D eigenvalue weighted by molar-refractivity contribution is 0.649. The van der Waals surface area contributed by atoms with Crippen LogP contribution in [0.2, 0.25) is 0 Å². The summed E-state index contributed by atoms with van der Waals surface area (Å²) in [5.74, 6) is 0. The Bertz CT molecular complexity index is 2320. The maximum Gasteiger partial charge on any atom is 0.0588 e. The number of para-hydroxylation sites is 1. The first kappa shape index (κ1) is 29.2. The monoisotopic (exact) mass is 621 g/mol. The number of aromatic nitrogens is 1. The van der Waals surface area contributed by atoms with Crippen molar-refractivity contribution in [1.82, 2.24) is 4.57 Å². The van der Waals surface area contributed by atoms with Crippen LogP contribution in [0.3, 0.4) is 0 Å². The number of hydrogen-bond donors (Lipinski definition) is 0. The van der Waals surface area contributed by atoms with Gasteiger partial charge < -0.3 is 4.57 Å². The van der Waals surface area contributed by atoms with E-state index in [9.17, 15) is 0 Å². The number of rotatable bonds is 7. The Kier molecular flexibility index (Phi) is 7.56. The van der Waals surface area contributed by atoms with Crippen molar-refractivity contribution >= 4 is 41.0 Å². The fourth-order valence-corrected chi connectivity index (χ4v) is 8.42. The molecule has 1 aromatic heterocycles. The molecule has 0 N–H and O–H groups in total. The highest BCUT2D eigenvalue weighted by Crippen LogP contribution is 2.42. The van der Waals surface area contributed by atoms with Crippen molar-refractivity contribution in [2.24, 2.45) is 0 Å². The minimum absolute atomic E-state index is 0.254. The molecule has 226 valence electrons. The molecular weight excluding hydrogens is 585 g/mol. The lowest BCUT2D eigenvalue weighted by atomic mass is 9.77. The average Bonchev–Trinajstić information content (AvgIpc) is 3.47. The van der Waals surface area contributed by atoms with Crippen molar-refractivity contribution in [1.29, 1.82) is 0 Å². The van der Waals surface area contributed by atoms with Gasteiger partial charge in [0.2, 0.25) is 0 Å². The third kappa shape index (κ3) is 5.38. The van der Waals surface area contributed by atoms with E-state index >= 15 is 0 Å². The standard InChI is InChI=1S/C45H36NP/c1-45(2,36-20-10-5-11-21-36)43-42(47-38-27-25-34(26-28-38)32-15-6-3-7-16-32)30-29-40-39-23-12-13-24-41(39)46(44(40)43)37-22-14-19-35(31-37)33-17-8-4-9-18-33/h3-31,47H,1-2H3. The molecule has 1 nitrogen and oxygen atoms in total. The van der Waals surface area contributed by atoms with Crippen molar-refractivity contribution in [3.05, 3.63) is 187 Å². The molecule has 0 aliphatic rings. The topological polar surface area (TPSA) is 4.93 Å². The van der Waals surface area contributed by atoms with E-state index in [1.54, 1.807) is 0 Å². The highest BCUT2D eigenvalue weighted by atomic mass is 31.1. The highest BCUT2D eigenvalue weighted by molar-refractivity contribution is 7.55. The average molecular weight is 622 g/mol. The molecule has 0 fully saturated rings. The molecular formula is C45H36NP. The first-order chi connectivity index (χ1) is 23.1. The fourth-order valence-electron chi connectivity index (χ4n) is 7.05. The van der Waals surface area contributed by atoms with Crippen molar-refractivity contribution in [2.75, 3.05) is 0 Å². The normalized spacial score (nSPS) is 12.0. The van der Waals surface area contributed by atoms with Crippen LogP contribution < -0.4 is 10.6 Å². The lowest BCUT2D eigenvalue weighted by Gasteiger charge is -2.30. The molecule has 7 aromatic carbocycles. The van der Waals surface area contributed by atoms with Crippen molar-refractivity contribution in [3.63, 3.8) is 0 Å². The molecule has 8 aromatic rings. The van der Waals surface area contributed by atoms with Crippen LogP contribution >= 0.6 is 8.58 Å². The van der Waals surface area contributed by atoms with Gasteiger partial charge >= 0.3 is 0 Å². The Morgan fingerprint density at radius 2 is 1.04 bits per heavy atom. The molecule has 0 spiro atoms. The number of benzene rings is 7. The molecule has 0 aliphatic heterocycles. The van der Waals surface area contributed by atoms with E-state index in [-0.39, 0.29) is 5.41 Å². The van der Waals surface area contributed by atoms with Crippen LogP contribution in [0.25, 0.3) is 49.7 Å². The van der Waals surface area contributed by atoms with Gasteiger partial charge in [-0.1, -0.05) is 180 Å². The Labute approximate surface area is 279 Å². The zero-order chi connectivity index (χ0) is 31.8. The van der Waals surface area contributed by atoms with Crippen LogP contribution in [0, 0.1) is 0 Å². The molecule has 8 rings (SSSR count). The Morgan fingerprint density at radius 1 is 0.468 bits per heavy atom. The van der Waals surface area contributed by atoms with Gasteiger partial charge in [-0.3, -0.25) is 0 Å². The predicted molar refractivity (Wildman–Crippen MR) is 204 cm³/mol. The molecule has 2 heteroatoms. The summed E-state index contributed by atoms with van der Waals surface area (Å²) >= 11 is 0. The molecule has 0 aliphatic carbocycles. The van der Waals surface area contributed by atoms with Gasteiger partial charge in [0.15, 0.2) is 0 Å². The SMILES string of the molecule is CC(C)(c1ccccc1)c1c(Pc2ccc(-c3ccccc3)cc2)ccc2c3ccccc3n(-c3cccc(-c4ccccc4)c3)c12. The highest BCUT2D eigenvalue weighted by Gasteiger charge is 2.31. The summed E-state index contributed by atoms with van der Waals surface area (Å²) in [5, 5.41) is 5.28. The molecule has 0 bridgehead atoms. The summed E-state index contributed by atoms with van der Waals surface area (Å²) in [4.78, 5) is 0. The summed E-state index contributed by atoms with van der Waals surface area (Å²) in [7, 11) is 0.514. The third-order valence-electron chi connectivity index (χ3n) is 9.44. The maximum absolute atomic E-state index is 2.52. The lowest BCUT2D eigenvalue weighted by Crippen LogP contribution is -2.27. The maximum atomic E-state index is 2.52. The molecule has 1 unspecified atom stereocenters. The minimum atomic E-state index is -0.254. The molecule has 1 heterocycles. The van der Waals surface area contributed by atoms with Gasteiger partial charge in [-0.2, -0.15) is 0 Å². The van der Waals surface area contributed by atoms with Crippen LogP contribution in [0.1, 0.15) is 25.0 Å². The van der Waals surface area contributed by atoms with E-state index in [1.165, 1.54) is 71.5 Å². The second-order valence-corrected chi connectivity index (χ2v) is 14.1. The molecule has 0 radical (unpaired) electrons. The van der Waals surface area contributed by atoms with E-state index in [0.29, 0.717) is 8.58 Å². The fraction of sp³-hybridized carbons (Fsp3) is 0.0667. The van der Waals surface area contributed by atoms with Crippen LogP contribution in [-0.2, 0) is 5.41 Å². The van der Waals surface area contributed by atoms with Crippen LogP contribution in [0.5, 0.6) is 0 Å². The largest absolute Gasteiger partial charge is 0.309 e. The van der Waals surface area contributed by atoms with E-state index < -0.39 is 0 Å². The first-order valence-corrected chi connectivity index (χ1v) is 17.3. The van der Waals surface area contributed by atoms with Crippen molar-refractivity contribution in [2.45, 2.75) is 19.3 Å². The summed E-state index contributed by atoms with van der Waals surface area (Å²) < 4.78 is 2.52. The van der Waals surface area contributed by atoms with Crippen LogP contribution in [-0.4, -0.2) is 4.57 Å². The number of hydrogen-bond acceptors (Lipinski definition) is 0. The van der Waals surface area contributed by atoms with Crippen molar-refractivity contribution < 1.29 is 0 Å². The van der Waals surface area contributed by atoms with E-state index in [2.05, 4.69) is 194 Å². The Morgan fingerprint density at radius 3 is 1.74 bits per heavy atom. The third-order valence-corrected chi connectivity index (χ3v) is 10.7.